The van der Waals surface area contributed by atoms with Gasteiger partial charge < -0.3 is 21.3 Å². The molecule has 2 aromatic carbocycles. The molecule has 0 spiro atoms. The summed E-state index contributed by atoms with van der Waals surface area (Å²) in [6.45, 7) is 0. The van der Waals surface area contributed by atoms with Gasteiger partial charge in [0, 0.05) is 11.8 Å². The van der Waals surface area contributed by atoms with Gasteiger partial charge in [-0.15, -0.1) is 0 Å². The molecule has 1 amide bonds. The highest BCUT2D eigenvalue weighted by Crippen LogP contribution is 2.24. The first-order valence-corrected chi connectivity index (χ1v) is 5.36. The lowest BCUT2D eigenvalue weighted by atomic mass is 10.1. The van der Waals surface area contributed by atoms with Gasteiger partial charge in [0.15, 0.2) is 0 Å². The lowest BCUT2D eigenvalue weighted by molar-refractivity contribution is 0.102. The van der Waals surface area contributed by atoms with Crippen LogP contribution in [0, 0.1) is 5.82 Å². The first-order valence-electron chi connectivity index (χ1n) is 5.36. The lowest BCUT2D eigenvalue weighted by Gasteiger charge is -2.08. The van der Waals surface area contributed by atoms with Gasteiger partial charge in [-0.1, -0.05) is 0 Å². The van der Waals surface area contributed by atoms with E-state index >= 15 is 0 Å². The molecule has 0 heterocycles. The third-order valence-corrected chi connectivity index (χ3v) is 2.47. The average molecular weight is 262 g/mol. The SMILES string of the molecule is Nc1ccc(NC(=O)c2ccc(O)cc2O)c(F)c1. The number of phenolic OH excluding ortho intramolecular Hbond substituents is 2. The van der Waals surface area contributed by atoms with Gasteiger partial charge in [-0.3, -0.25) is 4.79 Å². The van der Waals surface area contributed by atoms with E-state index in [2.05, 4.69) is 5.32 Å². The van der Waals surface area contributed by atoms with Gasteiger partial charge in [0.25, 0.3) is 5.91 Å². The molecule has 0 aliphatic rings. The van der Waals surface area contributed by atoms with Crippen LogP contribution in [0.2, 0.25) is 0 Å². The lowest BCUT2D eigenvalue weighted by Crippen LogP contribution is -2.13. The van der Waals surface area contributed by atoms with E-state index in [9.17, 15) is 14.3 Å². The highest BCUT2D eigenvalue weighted by atomic mass is 19.1. The van der Waals surface area contributed by atoms with Gasteiger partial charge in [-0.25, -0.2) is 4.39 Å². The summed E-state index contributed by atoms with van der Waals surface area (Å²) in [4.78, 5) is 11.8. The van der Waals surface area contributed by atoms with Crippen LogP contribution in [0.25, 0.3) is 0 Å². The molecule has 19 heavy (non-hydrogen) atoms. The van der Waals surface area contributed by atoms with Crippen molar-refractivity contribution in [1.29, 1.82) is 0 Å². The first kappa shape index (κ1) is 12.7. The maximum atomic E-state index is 13.5. The number of phenols is 2. The molecule has 0 saturated carbocycles. The summed E-state index contributed by atoms with van der Waals surface area (Å²) in [5.41, 5.74) is 5.50. The number of nitrogens with one attached hydrogen (secondary N) is 1. The normalized spacial score (nSPS) is 10.2. The van der Waals surface area contributed by atoms with Gasteiger partial charge in [-0.05, 0) is 30.3 Å². The molecule has 98 valence electrons. The maximum absolute atomic E-state index is 13.5. The third-order valence-electron chi connectivity index (χ3n) is 2.47. The number of hydrogen-bond acceptors (Lipinski definition) is 4. The van der Waals surface area contributed by atoms with Crippen molar-refractivity contribution in [1.82, 2.24) is 0 Å². The number of carbonyl (C=O) groups excluding carboxylic acids is 1. The molecule has 5 nitrogen and oxygen atoms in total. The molecule has 0 radical (unpaired) electrons. The summed E-state index contributed by atoms with van der Waals surface area (Å²) in [6, 6.07) is 7.33. The summed E-state index contributed by atoms with van der Waals surface area (Å²) in [5.74, 6) is -1.94. The van der Waals surface area contributed by atoms with Crippen LogP contribution < -0.4 is 11.1 Å². The molecule has 0 aliphatic heterocycles. The second kappa shape index (κ2) is 4.85. The summed E-state index contributed by atoms with van der Waals surface area (Å²) < 4.78 is 13.5. The minimum atomic E-state index is -0.693. The van der Waals surface area contributed by atoms with Crippen molar-refractivity contribution in [2.75, 3.05) is 11.1 Å². The molecule has 6 heteroatoms. The van der Waals surface area contributed by atoms with E-state index in [4.69, 9.17) is 10.8 Å². The predicted octanol–water partition coefficient (Wildman–Crippen LogP) is 2.07. The van der Waals surface area contributed by atoms with Crippen molar-refractivity contribution in [3.63, 3.8) is 0 Å². The highest BCUT2D eigenvalue weighted by Gasteiger charge is 2.13. The molecule has 5 N–H and O–H groups in total. The van der Waals surface area contributed by atoms with Crippen LogP contribution in [0.15, 0.2) is 36.4 Å². The standard InChI is InChI=1S/C13H11FN2O3/c14-10-5-7(15)1-4-11(10)16-13(19)9-3-2-8(17)6-12(9)18/h1-6,17-18H,15H2,(H,16,19). The minimum Gasteiger partial charge on any atom is -0.508 e. The first-order chi connectivity index (χ1) is 8.97. The molecular formula is C13H11FN2O3. The van der Waals surface area contributed by atoms with E-state index in [0.717, 1.165) is 12.1 Å². The Balaban J connectivity index is 2.25. The smallest absolute Gasteiger partial charge is 0.259 e. The number of amides is 1. The third kappa shape index (κ3) is 2.74. The number of rotatable bonds is 2. The molecule has 2 rings (SSSR count). The van der Waals surface area contributed by atoms with Crippen molar-refractivity contribution >= 4 is 17.3 Å². The molecule has 2 aromatic rings. The monoisotopic (exact) mass is 262 g/mol. The van der Waals surface area contributed by atoms with Crippen molar-refractivity contribution in [3.8, 4) is 11.5 Å². The number of nitrogen functional groups attached to an aromatic ring is 1. The predicted molar refractivity (Wildman–Crippen MR) is 68.5 cm³/mol. The Morgan fingerprint density at radius 2 is 1.89 bits per heavy atom. The zero-order valence-corrected chi connectivity index (χ0v) is 9.72. The van der Waals surface area contributed by atoms with Gasteiger partial charge in [0.05, 0.1) is 11.3 Å². The number of halogens is 1. The molecule has 0 aromatic heterocycles. The van der Waals surface area contributed by atoms with E-state index in [1.165, 1.54) is 24.3 Å². The summed E-state index contributed by atoms with van der Waals surface area (Å²) in [5, 5.41) is 20.9. The fourth-order valence-electron chi connectivity index (χ4n) is 1.53. The number of anilines is 2. The Labute approximate surface area is 108 Å². The summed E-state index contributed by atoms with van der Waals surface area (Å²) in [7, 11) is 0. The largest absolute Gasteiger partial charge is 0.508 e. The molecule has 0 atom stereocenters. The van der Waals surface area contributed by atoms with E-state index in [1.807, 2.05) is 0 Å². The van der Waals surface area contributed by atoms with Crippen LogP contribution in [-0.4, -0.2) is 16.1 Å². The zero-order valence-electron chi connectivity index (χ0n) is 9.72. The summed E-state index contributed by atoms with van der Waals surface area (Å²) >= 11 is 0. The maximum Gasteiger partial charge on any atom is 0.259 e. The average Bonchev–Trinajstić information content (AvgIpc) is 2.32. The van der Waals surface area contributed by atoms with Crippen LogP contribution in [-0.2, 0) is 0 Å². The van der Waals surface area contributed by atoms with E-state index in [0.29, 0.717) is 0 Å². The van der Waals surface area contributed by atoms with Gasteiger partial charge >= 0.3 is 0 Å². The van der Waals surface area contributed by atoms with Gasteiger partial charge in [-0.2, -0.15) is 0 Å². The Hall–Kier alpha value is -2.76. The van der Waals surface area contributed by atoms with Crippen LogP contribution in [0.1, 0.15) is 10.4 Å². The van der Waals surface area contributed by atoms with Gasteiger partial charge in [0.1, 0.15) is 17.3 Å². The number of carbonyl (C=O) groups is 1. The fraction of sp³-hybridized carbons (Fsp3) is 0. The van der Waals surface area contributed by atoms with Crippen LogP contribution in [0.5, 0.6) is 11.5 Å². The number of benzene rings is 2. The van der Waals surface area contributed by atoms with Crippen LogP contribution in [0.4, 0.5) is 15.8 Å². The quantitative estimate of drug-likeness (QED) is 0.623. The highest BCUT2D eigenvalue weighted by molar-refractivity contribution is 6.06. The van der Waals surface area contributed by atoms with Crippen molar-refractivity contribution < 1.29 is 19.4 Å². The Morgan fingerprint density at radius 3 is 2.53 bits per heavy atom. The molecule has 0 unspecified atom stereocenters. The Bertz CT molecular complexity index is 644. The minimum absolute atomic E-state index is 0.0494. The second-order valence-corrected chi connectivity index (χ2v) is 3.89. The van der Waals surface area contributed by atoms with E-state index < -0.39 is 17.5 Å². The van der Waals surface area contributed by atoms with Crippen molar-refractivity contribution in [3.05, 3.63) is 47.8 Å². The van der Waals surface area contributed by atoms with Crippen LogP contribution in [0.3, 0.4) is 0 Å². The molecule has 0 bridgehead atoms. The molecule has 0 aliphatic carbocycles. The Kier molecular flexibility index (Phi) is 3.24. The molecular weight excluding hydrogens is 251 g/mol. The second-order valence-electron chi connectivity index (χ2n) is 3.89. The van der Waals surface area contributed by atoms with Crippen LogP contribution >= 0.6 is 0 Å². The van der Waals surface area contributed by atoms with E-state index in [-0.39, 0.29) is 22.7 Å². The van der Waals surface area contributed by atoms with Gasteiger partial charge in [0.2, 0.25) is 0 Å². The molecule has 0 fully saturated rings. The molecule has 0 saturated heterocycles. The topological polar surface area (TPSA) is 95.6 Å². The van der Waals surface area contributed by atoms with Crippen molar-refractivity contribution in [2.24, 2.45) is 0 Å². The zero-order chi connectivity index (χ0) is 14.0. The Morgan fingerprint density at radius 1 is 1.16 bits per heavy atom. The fourth-order valence-corrected chi connectivity index (χ4v) is 1.53. The number of aromatic hydroxyl groups is 2. The number of hydrogen-bond donors (Lipinski definition) is 4. The van der Waals surface area contributed by atoms with E-state index in [1.54, 1.807) is 0 Å². The summed E-state index contributed by atoms with van der Waals surface area (Å²) in [6.07, 6.45) is 0. The van der Waals surface area contributed by atoms with Crippen molar-refractivity contribution in [2.45, 2.75) is 0 Å². The number of nitrogens with two attached hydrogens (primary N) is 1.